The fraction of sp³-hybridized carbons (Fsp3) is 0.312. The number of para-hydroxylation sites is 1. The molecule has 0 spiro atoms. The molecule has 0 bridgehead atoms. The van der Waals surface area contributed by atoms with E-state index in [1.165, 1.54) is 5.56 Å². The lowest BCUT2D eigenvalue weighted by Crippen LogP contribution is -2.07. The number of anilines is 1. The molecule has 2 rings (SSSR count). The highest BCUT2D eigenvalue weighted by molar-refractivity contribution is 9.10. The molecule has 0 aliphatic heterocycles. The third-order valence-corrected chi connectivity index (χ3v) is 3.55. The second-order valence-corrected chi connectivity index (χ2v) is 6.02. The number of rotatable bonds is 4. The van der Waals surface area contributed by atoms with E-state index in [1.54, 1.807) is 6.21 Å². The van der Waals surface area contributed by atoms with Crippen LogP contribution in [0.2, 0.25) is 0 Å². The molecular weight excluding hydrogens is 316 g/mol. The van der Waals surface area contributed by atoms with Gasteiger partial charge < -0.3 is 9.32 Å². The molecule has 0 N–H and O–H groups in total. The molecule has 1 aromatic heterocycles. The summed E-state index contributed by atoms with van der Waals surface area (Å²) in [7, 11) is 3.89. The molecular formula is C16H19BrN2O. The first-order valence-corrected chi connectivity index (χ1v) is 7.38. The van der Waals surface area contributed by atoms with Crippen LogP contribution in [0.5, 0.6) is 0 Å². The summed E-state index contributed by atoms with van der Waals surface area (Å²) in [5.41, 5.74) is 2.23. The zero-order valence-electron chi connectivity index (χ0n) is 12.2. The van der Waals surface area contributed by atoms with Crippen molar-refractivity contribution in [1.29, 1.82) is 0 Å². The number of nitrogens with zero attached hydrogens (tertiary/aromatic N) is 2. The van der Waals surface area contributed by atoms with Gasteiger partial charge in [0, 0.05) is 20.2 Å². The molecule has 3 nitrogen and oxygen atoms in total. The van der Waals surface area contributed by atoms with Crippen LogP contribution in [0.25, 0.3) is 0 Å². The molecule has 0 fully saturated rings. The first-order chi connectivity index (χ1) is 9.49. The van der Waals surface area contributed by atoms with E-state index in [1.807, 2.05) is 43.3 Å². The Morgan fingerprint density at radius 3 is 2.55 bits per heavy atom. The van der Waals surface area contributed by atoms with E-state index >= 15 is 0 Å². The summed E-state index contributed by atoms with van der Waals surface area (Å²) in [4.78, 5) is 6.47. The summed E-state index contributed by atoms with van der Waals surface area (Å²) in [6.45, 7) is 4.34. The van der Waals surface area contributed by atoms with Crippen LogP contribution in [0.15, 0.2) is 44.2 Å². The lowest BCUT2D eigenvalue weighted by molar-refractivity contribution is 0.557. The van der Waals surface area contributed by atoms with Crippen molar-refractivity contribution in [2.45, 2.75) is 19.8 Å². The molecule has 0 saturated carbocycles. The van der Waals surface area contributed by atoms with Crippen molar-refractivity contribution < 1.29 is 4.42 Å². The van der Waals surface area contributed by atoms with E-state index in [-0.39, 0.29) is 0 Å². The zero-order chi connectivity index (χ0) is 14.7. The molecule has 0 saturated heterocycles. The molecule has 4 heteroatoms. The van der Waals surface area contributed by atoms with E-state index in [2.05, 4.69) is 40.8 Å². The Morgan fingerprint density at radius 2 is 1.95 bits per heavy atom. The Hall–Kier alpha value is -1.55. The Bertz CT molecular complexity index is 615. The maximum absolute atomic E-state index is 5.73. The second kappa shape index (κ2) is 6.27. The molecule has 1 heterocycles. The van der Waals surface area contributed by atoms with E-state index in [4.69, 9.17) is 4.42 Å². The standard InChI is InChI=1S/C16H19BrN2O/c1-11(2)13-7-5-6-8-15(13)18-10-12-9-14(17)16(20-12)19(3)4/h5-11H,1-4H3. The summed E-state index contributed by atoms with van der Waals surface area (Å²) < 4.78 is 6.66. The number of halogens is 1. The fourth-order valence-electron chi connectivity index (χ4n) is 1.97. The number of hydrogen-bond acceptors (Lipinski definition) is 3. The maximum Gasteiger partial charge on any atom is 0.210 e. The van der Waals surface area contributed by atoms with Crippen molar-refractivity contribution in [3.8, 4) is 0 Å². The third kappa shape index (κ3) is 3.31. The van der Waals surface area contributed by atoms with Gasteiger partial charge in [-0.05, 0) is 33.5 Å². The van der Waals surface area contributed by atoms with E-state index < -0.39 is 0 Å². The summed E-state index contributed by atoms with van der Waals surface area (Å²) in [6.07, 6.45) is 1.76. The molecule has 0 amide bonds. The predicted octanol–water partition coefficient (Wildman–Crippen LogP) is 4.98. The average Bonchev–Trinajstić information content (AvgIpc) is 2.78. The quantitative estimate of drug-likeness (QED) is 0.737. The monoisotopic (exact) mass is 334 g/mol. The molecule has 2 aromatic rings. The topological polar surface area (TPSA) is 28.7 Å². The van der Waals surface area contributed by atoms with Crippen LogP contribution >= 0.6 is 15.9 Å². The van der Waals surface area contributed by atoms with Crippen molar-refractivity contribution in [1.82, 2.24) is 0 Å². The number of benzene rings is 1. The molecule has 1 aromatic carbocycles. The minimum absolute atomic E-state index is 0.448. The average molecular weight is 335 g/mol. The highest BCUT2D eigenvalue weighted by Gasteiger charge is 2.09. The Balaban J connectivity index is 2.28. The second-order valence-electron chi connectivity index (χ2n) is 5.17. The Kier molecular flexibility index (Phi) is 4.65. The molecule has 0 unspecified atom stereocenters. The minimum atomic E-state index is 0.448. The maximum atomic E-state index is 5.73. The van der Waals surface area contributed by atoms with Gasteiger partial charge in [0.1, 0.15) is 5.76 Å². The van der Waals surface area contributed by atoms with Gasteiger partial charge in [-0.3, -0.25) is 4.99 Å². The molecule has 0 aliphatic rings. The summed E-state index contributed by atoms with van der Waals surface area (Å²) >= 11 is 3.48. The van der Waals surface area contributed by atoms with Crippen LogP contribution in [-0.2, 0) is 0 Å². The molecule has 0 aliphatic carbocycles. The van der Waals surface area contributed by atoms with Gasteiger partial charge in [0.2, 0.25) is 5.88 Å². The van der Waals surface area contributed by atoms with Gasteiger partial charge in [0.25, 0.3) is 0 Å². The Labute approximate surface area is 128 Å². The Morgan fingerprint density at radius 1 is 1.25 bits per heavy atom. The van der Waals surface area contributed by atoms with Crippen molar-refractivity contribution >= 4 is 33.7 Å². The van der Waals surface area contributed by atoms with E-state index in [9.17, 15) is 0 Å². The largest absolute Gasteiger partial charge is 0.438 e. The minimum Gasteiger partial charge on any atom is -0.438 e. The van der Waals surface area contributed by atoms with Gasteiger partial charge in [-0.25, -0.2) is 0 Å². The van der Waals surface area contributed by atoms with Gasteiger partial charge in [-0.2, -0.15) is 0 Å². The van der Waals surface area contributed by atoms with Gasteiger partial charge in [-0.15, -0.1) is 0 Å². The molecule has 20 heavy (non-hydrogen) atoms. The van der Waals surface area contributed by atoms with Gasteiger partial charge in [0.15, 0.2) is 0 Å². The van der Waals surface area contributed by atoms with Gasteiger partial charge in [-0.1, -0.05) is 32.0 Å². The first-order valence-electron chi connectivity index (χ1n) is 6.58. The van der Waals surface area contributed by atoms with Gasteiger partial charge in [0.05, 0.1) is 16.4 Å². The molecule has 0 radical (unpaired) electrons. The van der Waals surface area contributed by atoms with Crippen LogP contribution in [0.1, 0.15) is 31.1 Å². The van der Waals surface area contributed by atoms with E-state index in [0.29, 0.717) is 5.92 Å². The SMILES string of the molecule is CC(C)c1ccccc1N=Cc1cc(Br)c(N(C)C)o1. The molecule has 106 valence electrons. The van der Waals surface area contributed by atoms with Crippen molar-refractivity contribution in [3.05, 3.63) is 46.1 Å². The normalized spacial score (nSPS) is 11.5. The van der Waals surface area contributed by atoms with Crippen LogP contribution < -0.4 is 4.90 Å². The summed E-state index contributed by atoms with van der Waals surface area (Å²) in [5, 5.41) is 0. The lowest BCUT2D eigenvalue weighted by Gasteiger charge is -2.08. The highest BCUT2D eigenvalue weighted by atomic mass is 79.9. The van der Waals surface area contributed by atoms with Crippen molar-refractivity contribution in [2.24, 2.45) is 4.99 Å². The van der Waals surface area contributed by atoms with Gasteiger partial charge >= 0.3 is 0 Å². The zero-order valence-corrected chi connectivity index (χ0v) is 13.8. The van der Waals surface area contributed by atoms with Crippen molar-refractivity contribution in [3.63, 3.8) is 0 Å². The van der Waals surface area contributed by atoms with E-state index in [0.717, 1.165) is 21.8 Å². The predicted molar refractivity (Wildman–Crippen MR) is 88.5 cm³/mol. The number of furan rings is 1. The fourth-order valence-corrected chi connectivity index (χ4v) is 2.63. The van der Waals surface area contributed by atoms with Crippen molar-refractivity contribution in [2.75, 3.05) is 19.0 Å². The molecule has 0 atom stereocenters. The van der Waals surface area contributed by atoms with Crippen LogP contribution in [0, 0.1) is 0 Å². The highest BCUT2D eigenvalue weighted by Crippen LogP contribution is 2.29. The number of aliphatic imine (C=N–C) groups is 1. The summed E-state index contributed by atoms with van der Waals surface area (Å²) in [5.74, 6) is 1.98. The van der Waals surface area contributed by atoms with Crippen LogP contribution in [0.3, 0.4) is 0 Å². The third-order valence-electron chi connectivity index (χ3n) is 2.98. The van der Waals surface area contributed by atoms with Crippen LogP contribution in [-0.4, -0.2) is 20.3 Å². The van der Waals surface area contributed by atoms with Crippen LogP contribution in [0.4, 0.5) is 11.6 Å². The first kappa shape index (κ1) is 14.9. The number of hydrogen-bond donors (Lipinski definition) is 0. The smallest absolute Gasteiger partial charge is 0.210 e. The lowest BCUT2D eigenvalue weighted by atomic mass is 10.0. The summed E-state index contributed by atoms with van der Waals surface area (Å²) in [6, 6.07) is 10.1.